The Bertz CT molecular complexity index is 876. The van der Waals surface area contributed by atoms with Gasteiger partial charge in [0, 0.05) is 37.8 Å². The van der Waals surface area contributed by atoms with E-state index in [1.807, 2.05) is 49.4 Å². The van der Waals surface area contributed by atoms with Gasteiger partial charge < -0.3 is 9.47 Å². The van der Waals surface area contributed by atoms with Crippen LogP contribution in [0.4, 0.5) is 5.69 Å². The van der Waals surface area contributed by atoms with Gasteiger partial charge in [-0.3, -0.25) is 14.6 Å². The first-order valence-corrected chi connectivity index (χ1v) is 10.9. The monoisotopic (exact) mass is 424 g/mol. The molecule has 0 bridgehead atoms. The predicted octanol–water partition coefficient (Wildman–Crippen LogP) is 4.04. The van der Waals surface area contributed by atoms with Gasteiger partial charge in [-0.15, -0.1) is 0 Å². The molecule has 6 heteroatoms. The summed E-state index contributed by atoms with van der Waals surface area (Å²) in [5.41, 5.74) is 0.874. The van der Waals surface area contributed by atoms with Crippen LogP contribution in [-0.2, 0) is 20.9 Å². The fourth-order valence-corrected chi connectivity index (χ4v) is 4.24. The zero-order chi connectivity index (χ0) is 22.3. The van der Waals surface area contributed by atoms with E-state index in [1.165, 1.54) is 5.56 Å². The first kappa shape index (κ1) is 22.8. The first-order chi connectivity index (χ1) is 15.0. The lowest BCUT2D eigenvalue weighted by Crippen LogP contribution is -2.62. The van der Waals surface area contributed by atoms with Crippen LogP contribution in [0.15, 0.2) is 54.6 Å². The van der Waals surface area contributed by atoms with Crippen LogP contribution in [0.3, 0.4) is 0 Å². The van der Waals surface area contributed by atoms with Crippen molar-refractivity contribution < 1.29 is 19.1 Å². The SMILES string of the molecule is CCOC(=O)C1(N(C(=O)CC)c2cccc(OC)c2)CCN(Cc2ccccc2)CC1. The molecule has 1 aliphatic rings. The summed E-state index contributed by atoms with van der Waals surface area (Å²) in [6.07, 6.45) is 1.33. The molecule has 0 spiro atoms. The van der Waals surface area contributed by atoms with Crippen LogP contribution in [0.25, 0.3) is 0 Å². The number of carbonyl (C=O) groups excluding carboxylic acids is 2. The summed E-state index contributed by atoms with van der Waals surface area (Å²) in [7, 11) is 1.59. The van der Waals surface area contributed by atoms with Crippen molar-refractivity contribution >= 4 is 17.6 Å². The van der Waals surface area contributed by atoms with Crippen molar-refractivity contribution in [3.8, 4) is 5.75 Å². The van der Waals surface area contributed by atoms with Crippen LogP contribution in [0.5, 0.6) is 5.75 Å². The second-order valence-corrected chi connectivity index (χ2v) is 7.80. The van der Waals surface area contributed by atoms with Crippen LogP contribution in [0.2, 0.25) is 0 Å². The van der Waals surface area contributed by atoms with E-state index in [0.29, 0.717) is 43.8 Å². The third-order valence-corrected chi connectivity index (χ3v) is 5.88. The van der Waals surface area contributed by atoms with Crippen molar-refractivity contribution in [1.29, 1.82) is 0 Å². The number of benzene rings is 2. The van der Waals surface area contributed by atoms with Crippen LogP contribution < -0.4 is 9.64 Å². The average Bonchev–Trinajstić information content (AvgIpc) is 2.81. The van der Waals surface area contributed by atoms with Gasteiger partial charge in [-0.05, 0) is 37.5 Å². The molecule has 1 aliphatic heterocycles. The molecule has 1 amide bonds. The van der Waals surface area contributed by atoms with E-state index in [0.717, 1.165) is 6.54 Å². The molecule has 0 saturated carbocycles. The Morgan fingerprint density at radius 2 is 1.74 bits per heavy atom. The number of carbonyl (C=O) groups is 2. The summed E-state index contributed by atoms with van der Waals surface area (Å²) in [5.74, 6) is 0.212. The van der Waals surface area contributed by atoms with Gasteiger partial charge in [0.25, 0.3) is 0 Å². The molecular weight excluding hydrogens is 392 g/mol. The number of ether oxygens (including phenoxy) is 2. The van der Waals surface area contributed by atoms with E-state index in [1.54, 1.807) is 18.9 Å². The number of amides is 1. The molecule has 166 valence electrons. The Morgan fingerprint density at radius 3 is 2.35 bits per heavy atom. The summed E-state index contributed by atoms with van der Waals surface area (Å²) in [6.45, 7) is 6.12. The third kappa shape index (κ3) is 5.07. The van der Waals surface area contributed by atoms with Crippen LogP contribution >= 0.6 is 0 Å². The summed E-state index contributed by atoms with van der Waals surface area (Å²) < 4.78 is 10.9. The lowest BCUT2D eigenvalue weighted by Gasteiger charge is -2.46. The van der Waals surface area contributed by atoms with Crippen molar-refractivity contribution in [2.75, 3.05) is 31.7 Å². The predicted molar refractivity (Wildman–Crippen MR) is 121 cm³/mol. The molecule has 0 aliphatic carbocycles. The van der Waals surface area contributed by atoms with Gasteiger partial charge in [0.05, 0.1) is 13.7 Å². The fourth-order valence-electron chi connectivity index (χ4n) is 4.24. The molecule has 3 rings (SSSR count). The Hall–Kier alpha value is -2.86. The Kier molecular flexibility index (Phi) is 7.69. The third-order valence-electron chi connectivity index (χ3n) is 5.88. The van der Waals surface area contributed by atoms with Crippen molar-refractivity contribution in [1.82, 2.24) is 4.90 Å². The van der Waals surface area contributed by atoms with E-state index >= 15 is 0 Å². The molecule has 1 heterocycles. The maximum atomic E-state index is 13.3. The molecule has 0 unspecified atom stereocenters. The normalized spacial score (nSPS) is 15.8. The lowest BCUT2D eigenvalue weighted by molar-refractivity contribution is -0.153. The van der Waals surface area contributed by atoms with Gasteiger partial charge in [0.15, 0.2) is 0 Å². The van der Waals surface area contributed by atoms with E-state index in [4.69, 9.17) is 9.47 Å². The van der Waals surface area contributed by atoms with Crippen molar-refractivity contribution in [2.45, 2.75) is 45.2 Å². The van der Waals surface area contributed by atoms with E-state index in [2.05, 4.69) is 17.0 Å². The summed E-state index contributed by atoms with van der Waals surface area (Å²) in [6, 6.07) is 17.6. The van der Waals surface area contributed by atoms with Crippen molar-refractivity contribution in [3.05, 3.63) is 60.2 Å². The molecule has 0 aromatic heterocycles. The Balaban J connectivity index is 1.92. The standard InChI is InChI=1S/C25H32N2O4/c1-4-23(28)27(21-12-9-13-22(18-21)30-3)25(24(29)31-5-2)14-16-26(17-15-25)19-20-10-7-6-8-11-20/h6-13,18H,4-5,14-17,19H2,1-3H3. The minimum absolute atomic E-state index is 0.0992. The number of anilines is 1. The number of esters is 1. The molecule has 0 radical (unpaired) electrons. The fraction of sp³-hybridized carbons (Fsp3) is 0.440. The molecule has 1 fully saturated rings. The minimum atomic E-state index is -1.03. The van der Waals surface area contributed by atoms with Crippen LogP contribution in [0, 0.1) is 0 Å². The number of hydrogen-bond donors (Lipinski definition) is 0. The molecule has 0 N–H and O–H groups in total. The Morgan fingerprint density at radius 1 is 1.03 bits per heavy atom. The first-order valence-electron chi connectivity index (χ1n) is 10.9. The maximum absolute atomic E-state index is 13.3. The van der Waals surface area contributed by atoms with Gasteiger partial charge in [-0.25, -0.2) is 4.79 Å². The number of piperidine rings is 1. The number of hydrogen-bond acceptors (Lipinski definition) is 5. The number of likely N-dealkylation sites (tertiary alicyclic amines) is 1. The molecular formula is C25H32N2O4. The number of methoxy groups -OCH3 is 1. The van der Waals surface area contributed by atoms with Gasteiger partial charge in [-0.2, -0.15) is 0 Å². The number of rotatable bonds is 8. The molecule has 2 aromatic rings. The van der Waals surface area contributed by atoms with E-state index in [9.17, 15) is 9.59 Å². The molecule has 0 atom stereocenters. The second-order valence-electron chi connectivity index (χ2n) is 7.80. The van der Waals surface area contributed by atoms with Crippen molar-refractivity contribution in [3.63, 3.8) is 0 Å². The average molecular weight is 425 g/mol. The number of nitrogens with zero attached hydrogens (tertiary/aromatic N) is 2. The van der Waals surface area contributed by atoms with Crippen molar-refractivity contribution in [2.24, 2.45) is 0 Å². The largest absolute Gasteiger partial charge is 0.497 e. The summed E-state index contributed by atoms with van der Waals surface area (Å²) >= 11 is 0. The zero-order valence-corrected chi connectivity index (χ0v) is 18.7. The highest BCUT2D eigenvalue weighted by atomic mass is 16.5. The quantitative estimate of drug-likeness (QED) is 0.599. The minimum Gasteiger partial charge on any atom is -0.497 e. The van der Waals surface area contributed by atoms with E-state index < -0.39 is 5.54 Å². The second kappa shape index (κ2) is 10.4. The molecule has 31 heavy (non-hydrogen) atoms. The smallest absolute Gasteiger partial charge is 0.332 e. The molecule has 1 saturated heterocycles. The molecule has 6 nitrogen and oxygen atoms in total. The van der Waals surface area contributed by atoms with Gasteiger partial charge in [0.2, 0.25) is 5.91 Å². The van der Waals surface area contributed by atoms with E-state index in [-0.39, 0.29) is 18.5 Å². The van der Waals surface area contributed by atoms with Gasteiger partial charge in [0.1, 0.15) is 11.3 Å². The topological polar surface area (TPSA) is 59.1 Å². The van der Waals surface area contributed by atoms with Crippen LogP contribution in [0.1, 0.15) is 38.7 Å². The molecule has 2 aromatic carbocycles. The lowest BCUT2D eigenvalue weighted by atomic mass is 9.84. The van der Waals surface area contributed by atoms with Gasteiger partial charge in [-0.1, -0.05) is 43.3 Å². The summed E-state index contributed by atoms with van der Waals surface area (Å²) in [4.78, 5) is 30.5. The highest BCUT2D eigenvalue weighted by molar-refractivity contribution is 6.02. The maximum Gasteiger partial charge on any atom is 0.332 e. The highest BCUT2D eigenvalue weighted by Crippen LogP contribution is 2.37. The summed E-state index contributed by atoms with van der Waals surface area (Å²) in [5, 5.41) is 0. The highest BCUT2D eigenvalue weighted by Gasteiger charge is 2.50. The zero-order valence-electron chi connectivity index (χ0n) is 18.7. The van der Waals surface area contributed by atoms with Gasteiger partial charge >= 0.3 is 5.97 Å². The Labute approximate surface area is 184 Å². The van der Waals surface area contributed by atoms with Crippen LogP contribution in [-0.4, -0.2) is 49.1 Å².